The summed E-state index contributed by atoms with van der Waals surface area (Å²) in [7, 11) is -3.25. The van der Waals surface area contributed by atoms with Crippen molar-refractivity contribution in [3.05, 3.63) is 24.3 Å². The Labute approximate surface area is 113 Å². The summed E-state index contributed by atoms with van der Waals surface area (Å²) >= 11 is 0. The Morgan fingerprint density at radius 1 is 1.42 bits per heavy atom. The van der Waals surface area contributed by atoms with Gasteiger partial charge in [0.2, 0.25) is 5.91 Å². The smallest absolute Gasteiger partial charge is 0.228 e. The summed E-state index contributed by atoms with van der Waals surface area (Å²) in [6, 6.07) is 6.34. The fraction of sp³-hybridized carbons (Fsp3) is 0.462. The number of sulfone groups is 1. The van der Waals surface area contributed by atoms with Crippen LogP contribution in [0, 0.1) is 5.92 Å². The molecule has 0 saturated carbocycles. The van der Waals surface area contributed by atoms with Crippen LogP contribution in [0.25, 0.3) is 0 Å². The lowest BCUT2D eigenvalue weighted by Crippen LogP contribution is -2.37. The highest BCUT2D eigenvalue weighted by Gasteiger charge is 2.21. The van der Waals surface area contributed by atoms with Crippen molar-refractivity contribution in [2.45, 2.75) is 17.7 Å². The highest BCUT2D eigenvalue weighted by molar-refractivity contribution is 7.90. The second kappa shape index (κ2) is 5.71. The summed E-state index contributed by atoms with van der Waals surface area (Å²) in [5.41, 5.74) is 0.526. The highest BCUT2D eigenvalue weighted by Crippen LogP contribution is 2.17. The lowest BCUT2D eigenvalue weighted by molar-refractivity contribution is -0.120. The predicted molar refractivity (Wildman–Crippen MR) is 73.8 cm³/mol. The molecule has 1 fully saturated rings. The third-order valence-corrected chi connectivity index (χ3v) is 4.31. The molecule has 104 valence electrons. The van der Waals surface area contributed by atoms with Gasteiger partial charge in [0.25, 0.3) is 0 Å². The maximum absolute atomic E-state index is 12.0. The minimum Gasteiger partial charge on any atom is -0.326 e. The quantitative estimate of drug-likeness (QED) is 0.868. The monoisotopic (exact) mass is 282 g/mol. The molecule has 19 heavy (non-hydrogen) atoms. The molecule has 2 N–H and O–H groups in total. The van der Waals surface area contributed by atoms with Crippen LogP contribution in [0.3, 0.4) is 0 Å². The number of amides is 1. The lowest BCUT2D eigenvalue weighted by atomic mass is 9.99. The van der Waals surface area contributed by atoms with E-state index in [4.69, 9.17) is 0 Å². The third-order valence-electron chi connectivity index (χ3n) is 3.20. The van der Waals surface area contributed by atoms with Gasteiger partial charge in [-0.3, -0.25) is 4.79 Å². The normalized spacial score (nSPS) is 19.9. The van der Waals surface area contributed by atoms with Gasteiger partial charge in [0.1, 0.15) is 0 Å². The van der Waals surface area contributed by atoms with Gasteiger partial charge >= 0.3 is 0 Å². The van der Waals surface area contributed by atoms with Crippen LogP contribution in [0.5, 0.6) is 0 Å². The van der Waals surface area contributed by atoms with Crippen LogP contribution in [0.4, 0.5) is 5.69 Å². The number of piperidine rings is 1. The second-order valence-electron chi connectivity index (χ2n) is 4.83. The maximum atomic E-state index is 12.0. The van der Waals surface area contributed by atoms with E-state index < -0.39 is 9.84 Å². The number of rotatable bonds is 3. The van der Waals surface area contributed by atoms with Crippen molar-refractivity contribution in [1.29, 1.82) is 0 Å². The molecule has 2 rings (SSSR count). The Hall–Kier alpha value is -1.40. The summed E-state index contributed by atoms with van der Waals surface area (Å²) in [5, 5.41) is 5.96. The van der Waals surface area contributed by atoms with Crippen LogP contribution in [-0.2, 0) is 14.6 Å². The van der Waals surface area contributed by atoms with E-state index in [0.717, 1.165) is 25.6 Å². The van der Waals surface area contributed by atoms with Gasteiger partial charge in [0.05, 0.1) is 10.8 Å². The summed E-state index contributed by atoms with van der Waals surface area (Å²) < 4.78 is 22.9. The molecule has 1 amide bonds. The van der Waals surface area contributed by atoms with E-state index in [0.29, 0.717) is 12.2 Å². The number of carbonyl (C=O) groups is 1. The summed E-state index contributed by atoms with van der Waals surface area (Å²) in [5.74, 6) is -0.103. The van der Waals surface area contributed by atoms with Gasteiger partial charge in [-0.1, -0.05) is 6.07 Å². The zero-order valence-electron chi connectivity index (χ0n) is 10.8. The van der Waals surface area contributed by atoms with Crippen molar-refractivity contribution in [2.75, 3.05) is 24.7 Å². The van der Waals surface area contributed by atoms with Crippen molar-refractivity contribution < 1.29 is 13.2 Å². The molecule has 1 aliphatic rings. The van der Waals surface area contributed by atoms with Crippen LogP contribution in [0.2, 0.25) is 0 Å². The minimum atomic E-state index is -3.25. The summed E-state index contributed by atoms with van der Waals surface area (Å²) in [6.45, 7) is 1.63. The Morgan fingerprint density at radius 2 is 2.21 bits per heavy atom. The van der Waals surface area contributed by atoms with Crippen molar-refractivity contribution in [3.8, 4) is 0 Å². The molecular weight excluding hydrogens is 264 g/mol. The predicted octanol–water partition coefficient (Wildman–Crippen LogP) is 1.03. The molecule has 1 aromatic carbocycles. The van der Waals surface area contributed by atoms with Crippen LogP contribution in [0.1, 0.15) is 12.8 Å². The molecule has 0 aromatic heterocycles. The van der Waals surface area contributed by atoms with E-state index in [1.807, 2.05) is 0 Å². The molecule has 0 bridgehead atoms. The SMILES string of the molecule is CS(=O)(=O)c1cccc(NC(=O)[C@@H]2CCCNC2)c1. The van der Waals surface area contributed by atoms with Crippen LogP contribution in [0.15, 0.2) is 29.2 Å². The summed E-state index contributed by atoms with van der Waals surface area (Å²) in [4.78, 5) is 12.2. The van der Waals surface area contributed by atoms with E-state index >= 15 is 0 Å². The van der Waals surface area contributed by atoms with Crippen molar-refractivity contribution in [1.82, 2.24) is 5.32 Å². The average Bonchev–Trinajstić information content (AvgIpc) is 2.39. The number of anilines is 1. The fourth-order valence-electron chi connectivity index (χ4n) is 2.12. The van der Waals surface area contributed by atoms with E-state index in [9.17, 15) is 13.2 Å². The van der Waals surface area contributed by atoms with Gasteiger partial charge in [0, 0.05) is 18.5 Å². The molecule has 1 saturated heterocycles. The highest BCUT2D eigenvalue weighted by atomic mass is 32.2. The molecule has 1 heterocycles. The average molecular weight is 282 g/mol. The molecule has 0 unspecified atom stereocenters. The van der Waals surface area contributed by atoms with Crippen LogP contribution in [-0.4, -0.2) is 33.7 Å². The zero-order valence-corrected chi connectivity index (χ0v) is 11.7. The molecule has 1 aliphatic heterocycles. The lowest BCUT2D eigenvalue weighted by Gasteiger charge is -2.21. The molecule has 0 radical (unpaired) electrons. The fourth-order valence-corrected chi connectivity index (χ4v) is 2.79. The van der Waals surface area contributed by atoms with Crippen molar-refractivity contribution >= 4 is 21.4 Å². The second-order valence-corrected chi connectivity index (χ2v) is 6.85. The van der Waals surface area contributed by atoms with E-state index in [2.05, 4.69) is 10.6 Å². The molecule has 0 spiro atoms. The van der Waals surface area contributed by atoms with E-state index in [1.54, 1.807) is 12.1 Å². The molecule has 1 aromatic rings. The molecule has 0 aliphatic carbocycles. The number of hydrogen-bond acceptors (Lipinski definition) is 4. The first-order valence-electron chi connectivity index (χ1n) is 6.28. The first-order chi connectivity index (χ1) is 8.97. The van der Waals surface area contributed by atoms with Crippen LogP contribution >= 0.6 is 0 Å². The van der Waals surface area contributed by atoms with Gasteiger partial charge in [-0.05, 0) is 37.6 Å². The maximum Gasteiger partial charge on any atom is 0.228 e. The molecule has 6 heteroatoms. The number of carbonyl (C=O) groups excluding carboxylic acids is 1. The largest absolute Gasteiger partial charge is 0.326 e. The number of hydrogen-bond donors (Lipinski definition) is 2. The number of nitrogens with one attached hydrogen (secondary N) is 2. The van der Waals surface area contributed by atoms with E-state index in [-0.39, 0.29) is 16.7 Å². The van der Waals surface area contributed by atoms with Gasteiger partial charge < -0.3 is 10.6 Å². The van der Waals surface area contributed by atoms with Crippen molar-refractivity contribution in [2.24, 2.45) is 5.92 Å². The first kappa shape index (κ1) is 14.0. The van der Waals surface area contributed by atoms with Gasteiger partial charge in [0.15, 0.2) is 9.84 Å². The van der Waals surface area contributed by atoms with Gasteiger partial charge in [-0.15, -0.1) is 0 Å². The molecule has 5 nitrogen and oxygen atoms in total. The first-order valence-corrected chi connectivity index (χ1v) is 8.17. The van der Waals surface area contributed by atoms with E-state index in [1.165, 1.54) is 12.1 Å². The zero-order chi connectivity index (χ0) is 13.9. The topological polar surface area (TPSA) is 75.3 Å². The number of benzene rings is 1. The third kappa shape index (κ3) is 3.78. The Bertz CT molecular complexity index is 563. The van der Waals surface area contributed by atoms with Crippen molar-refractivity contribution in [3.63, 3.8) is 0 Å². The minimum absolute atomic E-state index is 0.0457. The molecular formula is C13H18N2O3S. The summed E-state index contributed by atoms with van der Waals surface area (Å²) in [6.07, 6.45) is 3.01. The van der Waals surface area contributed by atoms with Gasteiger partial charge in [-0.2, -0.15) is 0 Å². The molecule has 1 atom stereocenters. The standard InChI is InChI=1S/C13H18N2O3S/c1-19(17,18)12-6-2-5-11(8-12)15-13(16)10-4-3-7-14-9-10/h2,5-6,8,10,14H,3-4,7,9H2,1H3,(H,15,16)/t10-/m1/s1. The van der Waals surface area contributed by atoms with Gasteiger partial charge in [-0.25, -0.2) is 8.42 Å². The Morgan fingerprint density at radius 3 is 2.84 bits per heavy atom. The Balaban J connectivity index is 2.08. The van der Waals surface area contributed by atoms with Crippen LogP contribution < -0.4 is 10.6 Å². The Kier molecular flexibility index (Phi) is 4.21.